The van der Waals surface area contributed by atoms with Gasteiger partial charge in [-0.1, -0.05) is 6.92 Å². The lowest BCUT2D eigenvalue weighted by Crippen LogP contribution is -2.47. The van der Waals surface area contributed by atoms with Crippen LogP contribution in [-0.4, -0.2) is 77.7 Å². The molecule has 1 atom stereocenters. The minimum atomic E-state index is 0. The van der Waals surface area contributed by atoms with E-state index in [9.17, 15) is 0 Å². The number of aliphatic imine (C=N–C) groups is 1. The van der Waals surface area contributed by atoms with E-state index in [1.165, 1.54) is 12.8 Å². The number of hydrogen-bond acceptors (Lipinski definition) is 5. The van der Waals surface area contributed by atoms with Crippen LogP contribution in [0.2, 0.25) is 0 Å². The maximum Gasteiger partial charge on any atom is 0.193 e. The highest BCUT2D eigenvalue weighted by molar-refractivity contribution is 14.0. The number of ether oxygens (including phenoxy) is 2. The monoisotopic (exact) mass is 506 g/mol. The van der Waals surface area contributed by atoms with Crippen LogP contribution in [0, 0.1) is 0 Å². The van der Waals surface area contributed by atoms with Crippen molar-refractivity contribution >= 4 is 29.9 Å². The summed E-state index contributed by atoms with van der Waals surface area (Å²) in [6.45, 7) is 7.34. The second kappa shape index (κ2) is 12.6. The summed E-state index contributed by atoms with van der Waals surface area (Å²) in [5.41, 5.74) is 0. The first-order valence-corrected chi connectivity index (χ1v) is 10.4. The van der Waals surface area contributed by atoms with Crippen molar-refractivity contribution in [2.24, 2.45) is 4.99 Å². The molecule has 2 aliphatic heterocycles. The number of guanidine groups is 1. The largest absolute Gasteiger partial charge is 0.376 e. The van der Waals surface area contributed by atoms with E-state index in [0.717, 1.165) is 76.9 Å². The third-order valence-corrected chi connectivity index (χ3v) is 5.39. The molecule has 0 spiro atoms. The van der Waals surface area contributed by atoms with Gasteiger partial charge in [0.15, 0.2) is 5.96 Å². The van der Waals surface area contributed by atoms with Gasteiger partial charge in [-0.2, -0.15) is 0 Å². The molecule has 1 unspecified atom stereocenters. The zero-order valence-corrected chi connectivity index (χ0v) is 19.5. The van der Waals surface area contributed by atoms with E-state index >= 15 is 0 Å². The molecule has 0 bridgehead atoms. The predicted octanol–water partition coefficient (Wildman–Crippen LogP) is 2.08. The Hall–Kier alpha value is -0.940. The van der Waals surface area contributed by atoms with Gasteiger partial charge in [-0.05, 0) is 32.1 Å². The normalized spacial score (nSPS) is 21.4. The van der Waals surface area contributed by atoms with Gasteiger partial charge >= 0.3 is 0 Å². The molecule has 0 saturated carbocycles. The van der Waals surface area contributed by atoms with E-state index in [4.69, 9.17) is 9.47 Å². The van der Waals surface area contributed by atoms with Crippen molar-refractivity contribution in [3.05, 3.63) is 12.2 Å². The van der Waals surface area contributed by atoms with Crippen molar-refractivity contribution in [2.75, 3.05) is 39.9 Å². The number of likely N-dealkylation sites (tertiary alicyclic amines) is 1. The Kier molecular flexibility index (Phi) is 10.5. The molecule has 1 N–H and O–H groups in total. The molecule has 1 aromatic rings. The molecular formula is C19H35IN6O2. The van der Waals surface area contributed by atoms with Crippen molar-refractivity contribution in [1.82, 2.24) is 25.0 Å². The summed E-state index contributed by atoms with van der Waals surface area (Å²) in [4.78, 5) is 6.77. The van der Waals surface area contributed by atoms with E-state index in [1.54, 1.807) is 6.33 Å². The summed E-state index contributed by atoms with van der Waals surface area (Å²) in [6.07, 6.45) is 9.02. The number of aromatic nitrogens is 3. The first-order valence-electron chi connectivity index (χ1n) is 10.4. The Morgan fingerprint density at radius 2 is 2.14 bits per heavy atom. The second-order valence-electron chi connectivity index (χ2n) is 7.28. The van der Waals surface area contributed by atoms with Gasteiger partial charge in [0.25, 0.3) is 0 Å². The standard InChI is InChI=1S/C19H34N6O2.HI/c1-3-18-23-22-15-25(18)12-9-21-19(20-2)24-10-7-16(8-11-24)27-14-17-6-4-5-13-26-17;/h15-17H,3-14H2,1-2H3,(H,20,21);1H. The van der Waals surface area contributed by atoms with Gasteiger partial charge in [0.05, 0.1) is 18.8 Å². The van der Waals surface area contributed by atoms with Crippen LogP contribution in [0.1, 0.15) is 44.9 Å². The molecule has 3 rings (SSSR count). The third-order valence-electron chi connectivity index (χ3n) is 5.39. The van der Waals surface area contributed by atoms with Gasteiger partial charge in [0.1, 0.15) is 12.2 Å². The smallest absolute Gasteiger partial charge is 0.193 e. The quantitative estimate of drug-likeness (QED) is 0.347. The van der Waals surface area contributed by atoms with Gasteiger partial charge in [-0.25, -0.2) is 0 Å². The SMILES string of the molecule is CCc1nncn1CCNC(=NC)N1CCC(OCC2CCCCO2)CC1.I. The lowest BCUT2D eigenvalue weighted by molar-refractivity contribution is -0.0721. The molecule has 2 saturated heterocycles. The van der Waals surface area contributed by atoms with Crippen LogP contribution < -0.4 is 5.32 Å². The van der Waals surface area contributed by atoms with Crippen LogP contribution in [0.15, 0.2) is 11.3 Å². The van der Waals surface area contributed by atoms with Crippen LogP contribution in [0.3, 0.4) is 0 Å². The van der Waals surface area contributed by atoms with Gasteiger partial charge in [0.2, 0.25) is 0 Å². The minimum Gasteiger partial charge on any atom is -0.376 e. The van der Waals surface area contributed by atoms with Gasteiger partial charge < -0.3 is 24.3 Å². The molecule has 0 aromatic carbocycles. The number of aryl methyl sites for hydroxylation is 1. The summed E-state index contributed by atoms with van der Waals surface area (Å²) in [5, 5.41) is 11.6. The van der Waals surface area contributed by atoms with Gasteiger partial charge in [-0.3, -0.25) is 4.99 Å². The molecule has 2 aliphatic rings. The number of hydrogen-bond donors (Lipinski definition) is 1. The molecule has 160 valence electrons. The highest BCUT2D eigenvalue weighted by atomic mass is 127. The predicted molar refractivity (Wildman–Crippen MR) is 120 cm³/mol. The highest BCUT2D eigenvalue weighted by Gasteiger charge is 2.23. The Bertz CT molecular complexity index is 583. The zero-order chi connectivity index (χ0) is 18.9. The van der Waals surface area contributed by atoms with Crippen LogP contribution in [0.5, 0.6) is 0 Å². The number of rotatable bonds is 7. The fourth-order valence-corrected chi connectivity index (χ4v) is 3.78. The first-order chi connectivity index (χ1) is 13.3. The summed E-state index contributed by atoms with van der Waals surface area (Å²) >= 11 is 0. The zero-order valence-electron chi connectivity index (χ0n) is 17.2. The first kappa shape index (κ1) is 23.3. The summed E-state index contributed by atoms with van der Waals surface area (Å²) in [7, 11) is 1.85. The highest BCUT2D eigenvalue weighted by Crippen LogP contribution is 2.17. The molecule has 3 heterocycles. The lowest BCUT2D eigenvalue weighted by atomic mass is 10.1. The number of nitrogens with one attached hydrogen (secondary N) is 1. The summed E-state index contributed by atoms with van der Waals surface area (Å²) < 4.78 is 14.0. The molecule has 2 fully saturated rings. The molecule has 1 aromatic heterocycles. The van der Waals surface area contributed by atoms with E-state index in [-0.39, 0.29) is 24.0 Å². The van der Waals surface area contributed by atoms with Crippen molar-refractivity contribution in [1.29, 1.82) is 0 Å². The lowest BCUT2D eigenvalue weighted by Gasteiger charge is -2.35. The Morgan fingerprint density at radius 1 is 1.32 bits per heavy atom. The Balaban J connectivity index is 0.00000280. The fraction of sp³-hybridized carbons (Fsp3) is 0.842. The average molecular weight is 506 g/mol. The van der Waals surface area contributed by atoms with Crippen molar-refractivity contribution < 1.29 is 9.47 Å². The number of halogens is 1. The summed E-state index contributed by atoms with van der Waals surface area (Å²) in [5.74, 6) is 1.99. The molecular weight excluding hydrogens is 471 g/mol. The fourth-order valence-electron chi connectivity index (χ4n) is 3.78. The molecule has 28 heavy (non-hydrogen) atoms. The van der Waals surface area contributed by atoms with Crippen molar-refractivity contribution in [2.45, 2.75) is 64.2 Å². The van der Waals surface area contributed by atoms with Crippen LogP contribution in [0.4, 0.5) is 0 Å². The average Bonchev–Trinajstić information content (AvgIpc) is 3.18. The molecule has 0 radical (unpaired) electrons. The second-order valence-corrected chi connectivity index (χ2v) is 7.28. The van der Waals surface area contributed by atoms with Crippen molar-refractivity contribution in [3.8, 4) is 0 Å². The van der Waals surface area contributed by atoms with Crippen LogP contribution in [0.25, 0.3) is 0 Å². The maximum absolute atomic E-state index is 6.11. The molecule has 9 heteroatoms. The van der Waals surface area contributed by atoms with Crippen molar-refractivity contribution in [3.63, 3.8) is 0 Å². The van der Waals surface area contributed by atoms with E-state index in [0.29, 0.717) is 12.2 Å². The molecule has 0 amide bonds. The molecule has 0 aliphatic carbocycles. The van der Waals surface area contributed by atoms with Gasteiger partial charge in [0, 0.05) is 46.3 Å². The van der Waals surface area contributed by atoms with Crippen LogP contribution >= 0.6 is 24.0 Å². The number of piperidine rings is 1. The Labute approximate surface area is 185 Å². The number of nitrogens with zero attached hydrogens (tertiary/aromatic N) is 5. The third kappa shape index (κ3) is 6.84. The van der Waals surface area contributed by atoms with E-state index in [2.05, 4.69) is 36.9 Å². The topological polar surface area (TPSA) is 76.8 Å². The maximum atomic E-state index is 6.11. The van der Waals surface area contributed by atoms with E-state index < -0.39 is 0 Å². The minimum absolute atomic E-state index is 0. The molecule has 8 nitrogen and oxygen atoms in total. The van der Waals surface area contributed by atoms with Gasteiger partial charge in [-0.15, -0.1) is 34.2 Å². The van der Waals surface area contributed by atoms with E-state index in [1.807, 2.05) is 7.05 Å². The summed E-state index contributed by atoms with van der Waals surface area (Å²) in [6, 6.07) is 0. The van der Waals surface area contributed by atoms with Crippen LogP contribution in [-0.2, 0) is 22.4 Å². The Morgan fingerprint density at radius 3 is 2.82 bits per heavy atom.